The molecule has 18 heteroatoms. The van der Waals surface area contributed by atoms with Gasteiger partial charge in [0.05, 0.1) is 61.3 Å². The second-order valence-electron chi connectivity index (χ2n) is 26.5. The molecule has 1 aliphatic carbocycles. The number of aryl methyl sites for hydroxylation is 1. The molecule has 2 N–H and O–H groups in total. The highest BCUT2D eigenvalue weighted by Crippen LogP contribution is 2.45. The number of nitrogens with zero attached hydrogens (tertiary/aromatic N) is 8. The molecule has 11 rings (SSSR count). The van der Waals surface area contributed by atoms with Crippen molar-refractivity contribution in [2.45, 2.75) is 155 Å². The number of amides is 3. The fraction of sp³-hybridized carbons (Fsp3) is 0.694. The molecule has 3 aromatic rings. The van der Waals surface area contributed by atoms with Gasteiger partial charge in [-0.15, -0.1) is 0 Å². The number of carbonyl (C=O) groups excluding carboxylic acids is 4. The van der Waals surface area contributed by atoms with Gasteiger partial charge >= 0.3 is 12.1 Å². The third kappa shape index (κ3) is 11.9. The maximum absolute atomic E-state index is 15.3. The molecular weight excluding hydrogens is 1010 g/mol. The van der Waals surface area contributed by atoms with Crippen molar-refractivity contribution in [3.8, 4) is 11.3 Å². The summed E-state index contributed by atoms with van der Waals surface area (Å²) in [5.74, 6) is -0.584. The molecule has 6 fully saturated rings. The lowest BCUT2D eigenvalue weighted by Gasteiger charge is -2.44. The van der Waals surface area contributed by atoms with E-state index in [1.807, 2.05) is 31.9 Å². The summed E-state index contributed by atoms with van der Waals surface area (Å²) in [6.45, 7) is 25.2. The minimum atomic E-state index is -0.875. The molecule has 1 spiro atoms. The monoisotopic (exact) mass is 1100 g/mol. The molecule has 7 aliphatic heterocycles. The van der Waals surface area contributed by atoms with Crippen molar-refractivity contribution in [2.75, 3.05) is 110 Å². The number of ether oxygens (including phenoxy) is 4. The van der Waals surface area contributed by atoms with Crippen molar-refractivity contribution in [2.24, 2.45) is 16.7 Å². The van der Waals surface area contributed by atoms with Gasteiger partial charge in [-0.1, -0.05) is 38.8 Å². The minimum absolute atomic E-state index is 0.112. The first-order valence-corrected chi connectivity index (χ1v) is 30.3. The number of cyclic esters (lactones) is 1. The minimum Gasteiger partial charge on any atom is -0.464 e. The molecule has 6 bridgehead atoms. The van der Waals surface area contributed by atoms with Crippen molar-refractivity contribution in [3.63, 3.8) is 0 Å². The Morgan fingerprint density at radius 2 is 1.77 bits per heavy atom. The first kappa shape index (κ1) is 56.7. The van der Waals surface area contributed by atoms with Crippen molar-refractivity contribution in [1.82, 2.24) is 44.9 Å². The standard InChI is InChI=1S/C62H90N10O8/c1-9-71-52-19-18-43-30-47(52)49(55(71)48-31-45(33-63-53(48)41(2)77-8)68-27-26-67-28-29-78-37-46(67)35-68)32-61(6,7)40-79-58(75)50-17-13-23-72(65-50)57(74)51(36-66-22-12-16-44(43)34-66)64-56(73)54(42-14-10-11-15-42)69-24-20-62(38-69)21-25-70(39-62)59(76)80-60(3,4)5/h16,18-19,30-31,33,41-42,46,50-51,54,65H,9-15,17,20-29,32,34-40H2,1-8H3,(H,64,73)/t41-,46-,50-,51-,54-,62-/m0/s1. The normalized spacial score (nSPS) is 28.1. The van der Waals surface area contributed by atoms with Crippen LogP contribution in [0.1, 0.15) is 129 Å². The predicted octanol–water partition coefficient (Wildman–Crippen LogP) is 7.04. The van der Waals surface area contributed by atoms with E-state index in [1.54, 1.807) is 12.1 Å². The SMILES string of the molecule is CCn1c(-c2cc(N3CCN4CCOC[C@@H]4C3)cnc2[C@H](C)OC)c2c3cc(ccc31)C1=CCCN(C1)C[C@H](NC(=O)[C@H](C1CCCC1)N1CC[C@]3(CCN(C(=O)OC(C)(C)C)C3)C1)C(=O)N1CCC[C@H](N1)C(=O)OCC(C)(C)C2. The summed E-state index contributed by atoms with van der Waals surface area (Å²) in [5, 5.41) is 6.13. The molecule has 9 heterocycles. The molecule has 18 nitrogen and oxygen atoms in total. The number of likely N-dealkylation sites (tertiary alicyclic amines) is 2. The topological polar surface area (TPSA) is 167 Å². The molecule has 5 saturated heterocycles. The van der Waals surface area contributed by atoms with Gasteiger partial charge in [-0.25, -0.2) is 10.2 Å². The van der Waals surface area contributed by atoms with Gasteiger partial charge < -0.3 is 38.6 Å². The molecule has 2 aromatic heterocycles. The second-order valence-corrected chi connectivity index (χ2v) is 26.5. The van der Waals surface area contributed by atoms with E-state index >= 15 is 9.59 Å². The Balaban J connectivity index is 0.923. The quantitative estimate of drug-likeness (QED) is 0.210. The van der Waals surface area contributed by atoms with Crippen LogP contribution in [0.5, 0.6) is 0 Å². The van der Waals surface area contributed by atoms with Gasteiger partial charge in [-0.3, -0.25) is 39.1 Å². The van der Waals surface area contributed by atoms with E-state index in [2.05, 4.69) is 92.9 Å². The summed E-state index contributed by atoms with van der Waals surface area (Å²) in [5.41, 5.74) is 10.8. The Morgan fingerprint density at radius 1 is 0.963 bits per heavy atom. The van der Waals surface area contributed by atoms with Crippen LogP contribution in [-0.4, -0.2) is 193 Å². The van der Waals surface area contributed by atoms with Gasteiger partial charge in [0.25, 0.3) is 5.91 Å². The Hall–Kier alpha value is -5.11. The highest BCUT2D eigenvalue weighted by molar-refractivity contribution is 5.95. The first-order valence-electron chi connectivity index (χ1n) is 30.3. The van der Waals surface area contributed by atoms with E-state index in [0.29, 0.717) is 64.6 Å². The van der Waals surface area contributed by atoms with E-state index in [0.717, 1.165) is 143 Å². The van der Waals surface area contributed by atoms with Gasteiger partial charge in [0.2, 0.25) is 5.91 Å². The van der Waals surface area contributed by atoms with Crippen molar-refractivity contribution < 1.29 is 38.1 Å². The van der Waals surface area contributed by atoms with Crippen LogP contribution in [-0.2, 0) is 46.3 Å². The number of carbonyl (C=O) groups is 4. The maximum atomic E-state index is 15.3. The highest BCUT2D eigenvalue weighted by atomic mass is 16.6. The molecule has 436 valence electrons. The summed E-state index contributed by atoms with van der Waals surface area (Å²) in [7, 11) is 1.75. The number of pyridine rings is 1. The summed E-state index contributed by atoms with van der Waals surface area (Å²) in [6.07, 6.45) is 12.2. The van der Waals surface area contributed by atoms with E-state index in [4.69, 9.17) is 23.9 Å². The highest BCUT2D eigenvalue weighted by Gasteiger charge is 2.50. The molecular formula is C62H90N10O8. The van der Waals surface area contributed by atoms with Crippen molar-refractivity contribution in [1.29, 1.82) is 0 Å². The van der Waals surface area contributed by atoms with Crippen LogP contribution >= 0.6 is 0 Å². The molecule has 8 aliphatic rings. The van der Waals surface area contributed by atoms with Gasteiger partial charge in [0, 0.05) is 113 Å². The lowest BCUT2D eigenvalue weighted by molar-refractivity contribution is -0.155. The fourth-order valence-electron chi connectivity index (χ4n) is 14.7. The van der Waals surface area contributed by atoms with Crippen molar-refractivity contribution >= 4 is 46.0 Å². The summed E-state index contributed by atoms with van der Waals surface area (Å²) in [4.78, 5) is 74.8. The number of benzene rings is 1. The lowest BCUT2D eigenvalue weighted by atomic mass is 9.84. The third-order valence-electron chi connectivity index (χ3n) is 18.9. The molecule has 1 aromatic carbocycles. The van der Waals surface area contributed by atoms with Crippen LogP contribution in [0.15, 0.2) is 36.5 Å². The van der Waals surface area contributed by atoms with Gasteiger partial charge in [0.15, 0.2) is 0 Å². The van der Waals surface area contributed by atoms with Crippen LogP contribution in [0.3, 0.4) is 0 Å². The van der Waals surface area contributed by atoms with Crippen LogP contribution < -0.4 is 15.6 Å². The number of esters is 1. The van der Waals surface area contributed by atoms with Gasteiger partial charge in [0.1, 0.15) is 17.7 Å². The van der Waals surface area contributed by atoms with Crippen LogP contribution in [0.25, 0.3) is 27.7 Å². The van der Waals surface area contributed by atoms with Crippen LogP contribution in [0.4, 0.5) is 10.5 Å². The number of aromatic nitrogens is 2. The largest absolute Gasteiger partial charge is 0.464 e. The summed E-state index contributed by atoms with van der Waals surface area (Å²) in [6, 6.07) is 7.53. The van der Waals surface area contributed by atoms with Crippen LogP contribution in [0, 0.1) is 16.7 Å². The average Bonchev–Trinajstić information content (AvgIpc) is 4.12. The number of piperazine rings is 1. The fourth-order valence-corrected chi connectivity index (χ4v) is 14.7. The number of hydrogen-bond donors (Lipinski definition) is 2. The van der Waals surface area contributed by atoms with Crippen molar-refractivity contribution in [3.05, 3.63) is 53.4 Å². The average molecular weight is 1100 g/mol. The zero-order chi connectivity index (χ0) is 56.1. The number of hydrazine groups is 1. The lowest BCUT2D eigenvalue weighted by Crippen LogP contribution is -2.63. The summed E-state index contributed by atoms with van der Waals surface area (Å²) >= 11 is 0. The number of hydrogen-bond acceptors (Lipinski definition) is 14. The number of rotatable bonds is 9. The van der Waals surface area contributed by atoms with Gasteiger partial charge in [-0.2, -0.15) is 0 Å². The Kier molecular flexibility index (Phi) is 16.5. The molecule has 80 heavy (non-hydrogen) atoms. The smallest absolute Gasteiger partial charge is 0.410 e. The molecule has 3 amide bonds. The zero-order valence-electron chi connectivity index (χ0n) is 49.2. The van der Waals surface area contributed by atoms with Gasteiger partial charge in [-0.05, 0) is 133 Å². The first-order chi connectivity index (χ1) is 38.4. The third-order valence-corrected chi connectivity index (χ3v) is 18.9. The predicted molar refractivity (Wildman–Crippen MR) is 309 cm³/mol. The van der Waals surface area contributed by atoms with Crippen LogP contribution in [0.2, 0.25) is 0 Å². The molecule has 1 saturated carbocycles. The maximum Gasteiger partial charge on any atom is 0.410 e. The number of fused-ring (bicyclic) bond motifs is 7. The zero-order valence-corrected chi connectivity index (χ0v) is 49.2. The Labute approximate surface area is 474 Å². The molecule has 0 radical (unpaired) electrons. The summed E-state index contributed by atoms with van der Waals surface area (Å²) < 4.78 is 26.6. The number of methoxy groups -OCH3 is 1. The van der Waals surface area contributed by atoms with E-state index in [-0.39, 0.29) is 47.9 Å². The van der Waals surface area contributed by atoms with E-state index < -0.39 is 29.1 Å². The number of morpholine rings is 1. The molecule has 7 atom stereocenters. The second kappa shape index (κ2) is 23.3. The molecule has 1 unspecified atom stereocenters. The Bertz CT molecular complexity index is 2820. The van der Waals surface area contributed by atoms with E-state index in [9.17, 15) is 9.59 Å². The number of anilines is 1. The van der Waals surface area contributed by atoms with E-state index in [1.165, 1.54) is 11.1 Å². The Morgan fingerprint density at radius 3 is 2.56 bits per heavy atom. The number of nitrogens with one attached hydrogen (secondary N) is 2.